The van der Waals surface area contributed by atoms with Crippen LogP contribution in [0.25, 0.3) is 10.2 Å². The molecule has 2 aromatic carbocycles. The number of hydrogen-bond acceptors (Lipinski definition) is 5. The molecular weight excluding hydrogens is 429 g/mol. The zero-order chi connectivity index (χ0) is 21.8. The lowest BCUT2D eigenvalue weighted by Gasteiger charge is -2.20. The van der Waals surface area contributed by atoms with Crippen LogP contribution in [0.3, 0.4) is 0 Å². The third kappa shape index (κ3) is 4.85. The van der Waals surface area contributed by atoms with Gasteiger partial charge in [-0.15, -0.1) is 0 Å². The minimum atomic E-state index is -0.800. The summed E-state index contributed by atoms with van der Waals surface area (Å²) < 4.78 is 48.9. The van der Waals surface area contributed by atoms with Crippen LogP contribution in [0, 0.1) is 17.5 Å². The predicted molar refractivity (Wildman–Crippen MR) is 111 cm³/mol. The summed E-state index contributed by atoms with van der Waals surface area (Å²) >= 11 is 1.000. The lowest BCUT2D eigenvalue weighted by molar-refractivity contribution is -0.120. The molecule has 0 aliphatic rings. The van der Waals surface area contributed by atoms with Gasteiger partial charge in [0.25, 0.3) is 5.91 Å². The SMILES string of the molecule is O=C(COc1ccccc1F)N(CCCn1ccnc1)c1nc2c(F)cc(F)cc2s1. The molecule has 4 aromatic rings. The van der Waals surface area contributed by atoms with Crippen molar-refractivity contribution < 1.29 is 22.7 Å². The first-order chi connectivity index (χ1) is 15.0. The first-order valence-electron chi connectivity index (χ1n) is 9.40. The summed E-state index contributed by atoms with van der Waals surface area (Å²) in [6.07, 6.45) is 5.65. The van der Waals surface area contributed by atoms with Crippen LogP contribution >= 0.6 is 11.3 Å². The number of halogens is 3. The van der Waals surface area contributed by atoms with Crippen LogP contribution < -0.4 is 9.64 Å². The Kier molecular flexibility index (Phi) is 6.17. The van der Waals surface area contributed by atoms with Crippen molar-refractivity contribution in [2.24, 2.45) is 0 Å². The zero-order valence-corrected chi connectivity index (χ0v) is 17.0. The lowest BCUT2D eigenvalue weighted by Crippen LogP contribution is -2.36. The zero-order valence-electron chi connectivity index (χ0n) is 16.2. The number of benzene rings is 2. The van der Waals surface area contributed by atoms with Gasteiger partial charge in [-0.25, -0.2) is 23.1 Å². The normalized spacial score (nSPS) is 11.1. The third-order valence-corrected chi connectivity index (χ3v) is 5.50. The molecule has 0 atom stereocenters. The summed E-state index contributed by atoms with van der Waals surface area (Å²) in [4.78, 5) is 22.4. The van der Waals surface area contributed by atoms with Crippen molar-refractivity contribution in [3.05, 3.63) is 72.6 Å². The Balaban J connectivity index is 1.55. The van der Waals surface area contributed by atoms with E-state index in [9.17, 15) is 18.0 Å². The van der Waals surface area contributed by atoms with Gasteiger partial charge in [-0.05, 0) is 24.6 Å². The van der Waals surface area contributed by atoms with E-state index in [0.29, 0.717) is 13.0 Å². The summed E-state index contributed by atoms with van der Waals surface area (Å²) in [7, 11) is 0. The van der Waals surface area contributed by atoms with Gasteiger partial charge in [-0.3, -0.25) is 9.69 Å². The van der Waals surface area contributed by atoms with E-state index in [-0.39, 0.29) is 27.6 Å². The number of nitrogens with zero attached hydrogens (tertiary/aromatic N) is 4. The molecule has 31 heavy (non-hydrogen) atoms. The molecule has 0 saturated carbocycles. The number of aryl methyl sites for hydroxylation is 1. The summed E-state index contributed by atoms with van der Waals surface area (Å²) in [6.45, 7) is 0.409. The van der Waals surface area contributed by atoms with Gasteiger partial charge in [-0.2, -0.15) is 0 Å². The number of ether oxygens (including phenoxy) is 1. The van der Waals surface area contributed by atoms with Gasteiger partial charge in [-0.1, -0.05) is 23.5 Å². The monoisotopic (exact) mass is 446 g/mol. The summed E-state index contributed by atoms with van der Waals surface area (Å²) in [6, 6.07) is 7.68. The molecule has 0 N–H and O–H groups in total. The highest BCUT2D eigenvalue weighted by atomic mass is 32.1. The van der Waals surface area contributed by atoms with Crippen LogP contribution in [0.4, 0.5) is 18.3 Å². The topological polar surface area (TPSA) is 60.2 Å². The van der Waals surface area contributed by atoms with Gasteiger partial charge < -0.3 is 9.30 Å². The molecule has 2 aromatic heterocycles. The van der Waals surface area contributed by atoms with E-state index < -0.39 is 30.0 Å². The summed E-state index contributed by atoms with van der Waals surface area (Å²) in [5.74, 6) is -2.63. The van der Waals surface area contributed by atoms with Crippen molar-refractivity contribution in [1.29, 1.82) is 0 Å². The number of imidazole rings is 1. The fourth-order valence-electron chi connectivity index (χ4n) is 3.00. The molecule has 4 rings (SSSR count). The van der Waals surface area contributed by atoms with E-state index in [1.54, 1.807) is 24.8 Å². The Hall–Kier alpha value is -3.40. The standard InChI is InChI=1S/C21H17F3N4O2S/c22-14-10-16(24)20-18(11-14)31-21(26-20)28(8-3-7-27-9-6-25-13-27)19(29)12-30-17-5-2-1-4-15(17)23/h1-2,4-6,9-11,13H,3,7-8,12H2. The molecule has 10 heteroatoms. The molecule has 160 valence electrons. The second-order valence-corrected chi connectivity index (χ2v) is 7.66. The molecule has 0 unspecified atom stereocenters. The van der Waals surface area contributed by atoms with Crippen LogP contribution in [0.1, 0.15) is 6.42 Å². The highest BCUT2D eigenvalue weighted by Gasteiger charge is 2.22. The van der Waals surface area contributed by atoms with Crippen molar-refractivity contribution in [2.45, 2.75) is 13.0 Å². The van der Waals surface area contributed by atoms with Gasteiger partial charge in [0.1, 0.15) is 11.3 Å². The predicted octanol–water partition coefficient (Wildman–Crippen LogP) is 4.41. The number of carbonyl (C=O) groups excluding carboxylic acids is 1. The Morgan fingerprint density at radius 1 is 1.16 bits per heavy atom. The molecule has 0 fully saturated rings. The molecule has 0 spiro atoms. The highest BCUT2D eigenvalue weighted by Crippen LogP contribution is 2.31. The molecule has 1 amide bonds. The smallest absolute Gasteiger partial charge is 0.266 e. The second kappa shape index (κ2) is 9.17. The Bertz CT molecular complexity index is 1200. The van der Waals surface area contributed by atoms with Crippen molar-refractivity contribution in [1.82, 2.24) is 14.5 Å². The van der Waals surface area contributed by atoms with Gasteiger partial charge >= 0.3 is 0 Å². The molecule has 0 bridgehead atoms. The quantitative estimate of drug-likeness (QED) is 0.402. The van der Waals surface area contributed by atoms with Gasteiger partial charge in [0, 0.05) is 31.5 Å². The average Bonchev–Trinajstić information content (AvgIpc) is 3.40. The number of hydrogen-bond donors (Lipinski definition) is 0. The van der Waals surface area contributed by atoms with Crippen molar-refractivity contribution in [3.63, 3.8) is 0 Å². The Morgan fingerprint density at radius 2 is 2.00 bits per heavy atom. The largest absolute Gasteiger partial charge is 0.481 e. The number of rotatable bonds is 8. The van der Waals surface area contributed by atoms with Gasteiger partial charge in [0.05, 0.1) is 11.0 Å². The summed E-state index contributed by atoms with van der Waals surface area (Å²) in [5, 5.41) is 0.215. The van der Waals surface area contributed by atoms with E-state index in [2.05, 4.69) is 9.97 Å². The number of anilines is 1. The number of amides is 1. The van der Waals surface area contributed by atoms with Crippen LogP contribution in [-0.4, -0.2) is 33.6 Å². The maximum Gasteiger partial charge on any atom is 0.266 e. The van der Waals surface area contributed by atoms with E-state index in [4.69, 9.17) is 4.74 Å². The van der Waals surface area contributed by atoms with E-state index in [0.717, 1.165) is 17.4 Å². The molecule has 0 aliphatic carbocycles. The molecule has 2 heterocycles. The maximum atomic E-state index is 14.1. The molecule has 0 saturated heterocycles. The van der Waals surface area contributed by atoms with Crippen LogP contribution in [0.2, 0.25) is 0 Å². The van der Waals surface area contributed by atoms with Gasteiger partial charge in [0.15, 0.2) is 29.1 Å². The Morgan fingerprint density at radius 3 is 2.77 bits per heavy atom. The van der Waals surface area contributed by atoms with E-state index in [1.165, 1.54) is 29.2 Å². The van der Waals surface area contributed by atoms with Crippen molar-refractivity contribution >= 4 is 32.6 Å². The third-order valence-electron chi connectivity index (χ3n) is 4.48. The fourth-order valence-corrected chi connectivity index (χ4v) is 4.05. The number of thiazole rings is 1. The molecule has 6 nitrogen and oxygen atoms in total. The van der Waals surface area contributed by atoms with Crippen molar-refractivity contribution in [2.75, 3.05) is 18.1 Å². The maximum absolute atomic E-state index is 14.1. The minimum Gasteiger partial charge on any atom is -0.481 e. The van der Waals surface area contributed by atoms with Crippen LogP contribution in [0.15, 0.2) is 55.1 Å². The average molecular weight is 446 g/mol. The second-order valence-electron chi connectivity index (χ2n) is 6.65. The van der Waals surface area contributed by atoms with E-state index >= 15 is 0 Å². The van der Waals surface area contributed by atoms with Crippen molar-refractivity contribution in [3.8, 4) is 5.75 Å². The first-order valence-corrected chi connectivity index (χ1v) is 10.2. The van der Waals surface area contributed by atoms with Crippen LogP contribution in [0.5, 0.6) is 5.75 Å². The molecular formula is C21H17F3N4O2S. The first kappa shape index (κ1) is 20.9. The minimum absolute atomic E-state index is 0.0103. The highest BCUT2D eigenvalue weighted by molar-refractivity contribution is 7.22. The van der Waals surface area contributed by atoms with E-state index in [1.807, 2.05) is 4.57 Å². The Labute approximate surface area is 179 Å². The fraction of sp³-hybridized carbons (Fsp3) is 0.190. The number of para-hydroxylation sites is 1. The summed E-state index contributed by atoms with van der Waals surface area (Å²) in [5.41, 5.74) is -0.0103. The number of carbonyl (C=O) groups is 1. The lowest BCUT2D eigenvalue weighted by atomic mass is 10.3. The number of fused-ring (bicyclic) bond motifs is 1. The molecule has 0 aliphatic heterocycles. The molecule has 0 radical (unpaired) electrons. The van der Waals surface area contributed by atoms with Gasteiger partial charge in [0.2, 0.25) is 0 Å². The van der Waals surface area contributed by atoms with Crippen LogP contribution in [-0.2, 0) is 11.3 Å². The number of aromatic nitrogens is 3.